The van der Waals surface area contributed by atoms with Crippen LogP contribution in [0.3, 0.4) is 0 Å². The van der Waals surface area contributed by atoms with E-state index in [1.807, 2.05) is 11.3 Å². The molecule has 0 unspecified atom stereocenters. The summed E-state index contributed by atoms with van der Waals surface area (Å²) < 4.78 is 9.08. The lowest BCUT2D eigenvalue weighted by Crippen LogP contribution is -1.90. The third kappa shape index (κ3) is 2.92. The minimum Gasteiger partial charge on any atom is -0.456 e. The first-order valence-electron chi connectivity index (χ1n) is 14.4. The summed E-state index contributed by atoms with van der Waals surface area (Å²) in [5.41, 5.74) is 6.93. The molecule has 0 aliphatic rings. The van der Waals surface area contributed by atoms with E-state index in [2.05, 4.69) is 133 Å². The minimum absolute atomic E-state index is 0.931. The van der Waals surface area contributed by atoms with Gasteiger partial charge in [0, 0.05) is 36.5 Å². The van der Waals surface area contributed by atoms with E-state index in [0.717, 1.165) is 16.6 Å². The smallest absolute Gasteiger partial charge is 0.137 e. The van der Waals surface area contributed by atoms with Gasteiger partial charge in [-0.3, -0.25) is 0 Å². The van der Waals surface area contributed by atoms with E-state index >= 15 is 0 Å². The van der Waals surface area contributed by atoms with Gasteiger partial charge in [0.25, 0.3) is 0 Å². The average Bonchev–Trinajstić information content (AvgIpc) is 3.61. The summed E-state index contributed by atoms with van der Waals surface area (Å²) >= 11 is 1.85. The Morgan fingerprint density at radius 1 is 0.405 bits per heavy atom. The number of para-hydroxylation sites is 1. The third-order valence-corrected chi connectivity index (χ3v) is 10.1. The highest BCUT2D eigenvalue weighted by Crippen LogP contribution is 2.50. The number of fused-ring (bicyclic) bond motifs is 6. The molecule has 2 heterocycles. The van der Waals surface area contributed by atoms with E-state index < -0.39 is 0 Å². The van der Waals surface area contributed by atoms with Crippen LogP contribution in [0.5, 0.6) is 0 Å². The molecule has 8 aromatic carbocycles. The van der Waals surface area contributed by atoms with Crippen molar-refractivity contribution in [3.63, 3.8) is 0 Å². The molecule has 10 aromatic rings. The van der Waals surface area contributed by atoms with Gasteiger partial charge in [-0.25, -0.2) is 0 Å². The molecule has 0 amide bonds. The molecular formula is C40H22OS. The molecule has 0 atom stereocenters. The van der Waals surface area contributed by atoms with Gasteiger partial charge in [0.2, 0.25) is 0 Å². The maximum absolute atomic E-state index is 6.52. The van der Waals surface area contributed by atoms with E-state index in [4.69, 9.17) is 4.42 Å². The number of rotatable bonds is 2. The Morgan fingerprint density at radius 3 is 1.86 bits per heavy atom. The first-order chi connectivity index (χ1) is 20.8. The standard InChI is InChI=1S/C40H22OS/c1-2-8-23(9-3-1)26-18-14-24-16-20-28-29(21-17-25-15-19-27(26)36(24)37(25)28)40-38-30-10-4-6-12-32(30)41-33(38)22-35-39(40)31-11-5-7-13-34(31)42-35/h1-22H. The highest BCUT2D eigenvalue weighted by Gasteiger charge is 2.22. The molecule has 0 fully saturated rings. The fourth-order valence-corrected chi connectivity index (χ4v) is 8.39. The van der Waals surface area contributed by atoms with Crippen molar-refractivity contribution in [1.29, 1.82) is 0 Å². The Kier molecular flexibility index (Phi) is 4.39. The van der Waals surface area contributed by atoms with Gasteiger partial charge < -0.3 is 4.42 Å². The summed E-state index contributed by atoms with van der Waals surface area (Å²) in [6, 6.07) is 48.7. The largest absolute Gasteiger partial charge is 0.456 e. The first kappa shape index (κ1) is 22.5. The Morgan fingerprint density at radius 2 is 1.05 bits per heavy atom. The molecule has 0 N–H and O–H groups in total. The zero-order valence-electron chi connectivity index (χ0n) is 22.5. The fraction of sp³-hybridized carbons (Fsp3) is 0. The van der Waals surface area contributed by atoms with Gasteiger partial charge in [0.1, 0.15) is 11.2 Å². The molecule has 0 saturated carbocycles. The van der Waals surface area contributed by atoms with Gasteiger partial charge in [0.05, 0.1) is 0 Å². The van der Waals surface area contributed by atoms with Crippen molar-refractivity contribution in [2.45, 2.75) is 0 Å². The van der Waals surface area contributed by atoms with Crippen molar-refractivity contribution in [2.24, 2.45) is 0 Å². The molecule has 2 aromatic heterocycles. The van der Waals surface area contributed by atoms with Gasteiger partial charge in [-0.2, -0.15) is 0 Å². The fourth-order valence-electron chi connectivity index (χ4n) is 7.25. The van der Waals surface area contributed by atoms with Crippen LogP contribution in [-0.4, -0.2) is 0 Å². The lowest BCUT2D eigenvalue weighted by Gasteiger charge is -2.17. The van der Waals surface area contributed by atoms with Gasteiger partial charge in [-0.15, -0.1) is 11.3 Å². The van der Waals surface area contributed by atoms with Crippen LogP contribution < -0.4 is 0 Å². The molecule has 1 nitrogen and oxygen atoms in total. The van der Waals surface area contributed by atoms with E-state index in [0.29, 0.717) is 0 Å². The topological polar surface area (TPSA) is 13.1 Å². The monoisotopic (exact) mass is 550 g/mol. The number of benzene rings is 8. The first-order valence-corrected chi connectivity index (χ1v) is 15.2. The maximum Gasteiger partial charge on any atom is 0.137 e. The highest BCUT2D eigenvalue weighted by molar-refractivity contribution is 7.26. The zero-order valence-corrected chi connectivity index (χ0v) is 23.3. The molecule has 0 aliphatic heterocycles. The Labute approximate surface area is 245 Å². The van der Waals surface area contributed by atoms with Gasteiger partial charge in [0.15, 0.2) is 0 Å². The van der Waals surface area contributed by atoms with Crippen LogP contribution in [0.1, 0.15) is 0 Å². The maximum atomic E-state index is 6.52. The summed E-state index contributed by atoms with van der Waals surface area (Å²) in [6.07, 6.45) is 0. The second kappa shape index (κ2) is 8.19. The number of thiophene rings is 1. The number of furan rings is 1. The molecule has 42 heavy (non-hydrogen) atoms. The molecule has 194 valence electrons. The van der Waals surface area contributed by atoms with Crippen molar-refractivity contribution in [1.82, 2.24) is 0 Å². The van der Waals surface area contributed by atoms with E-state index in [1.165, 1.54) is 80.1 Å². The van der Waals surface area contributed by atoms with Gasteiger partial charge >= 0.3 is 0 Å². The lowest BCUT2D eigenvalue weighted by molar-refractivity contribution is 0.669. The average molecular weight is 551 g/mol. The summed E-state index contributed by atoms with van der Waals surface area (Å²) in [7, 11) is 0. The van der Waals surface area contributed by atoms with Crippen LogP contribution in [-0.2, 0) is 0 Å². The molecular weight excluding hydrogens is 529 g/mol. The van der Waals surface area contributed by atoms with Crippen LogP contribution in [0, 0.1) is 0 Å². The SMILES string of the molecule is c1ccc(-c2ccc3ccc4c(-c5c6c(cc7sc8ccccc8c57)oc5ccccc56)ccc5ccc2c3c54)cc1. The van der Waals surface area contributed by atoms with Crippen LogP contribution in [0.25, 0.3) is 96.7 Å². The van der Waals surface area contributed by atoms with Crippen LogP contribution in [0.4, 0.5) is 0 Å². The minimum atomic E-state index is 0.931. The number of hydrogen-bond acceptors (Lipinski definition) is 2. The molecule has 0 aliphatic carbocycles. The summed E-state index contributed by atoms with van der Waals surface area (Å²) in [5.74, 6) is 0. The summed E-state index contributed by atoms with van der Waals surface area (Å²) in [5, 5.41) is 12.8. The quantitative estimate of drug-likeness (QED) is 0.195. The zero-order chi connectivity index (χ0) is 27.4. The van der Waals surface area contributed by atoms with Crippen LogP contribution in [0.2, 0.25) is 0 Å². The van der Waals surface area contributed by atoms with Crippen molar-refractivity contribution in [2.75, 3.05) is 0 Å². The second-order valence-electron chi connectivity index (χ2n) is 11.2. The Bertz CT molecular complexity index is 2580. The van der Waals surface area contributed by atoms with Crippen LogP contribution in [0.15, 0.2) is 138 Å². The summed E-state index contributed by atoms with van der Waals surface area (Å²) in [6.45, 7) is 0. The number of hydrogen-bond donors (Lipinski definition) is 0. The van der Waals surface area contributed by atoms with Crippen LogP contribution >= 0.6 is 11.3 Å². The van der Waals surface area contributed by atoms with Crippen molar-refractivity contribution in [3.05, 3.63) is 133 Å². The molecule has 2 heteroatoms. The van der Waals surface area contributed by atoms with Crippen molar-refractivity contribution < 1.29 is 4.42 Å². The van der Waals surface area contributed by atoms with E-state index in [9.17, 15) is 0 Å². The third-order valence-electron chi connectivity index (χ3n) is 9.03. The molecule has 0 bridgehead atoms. The molecule has 0 saturated heterocycles. The molecule has 0 radical (unpaired) electrons. The Hall–Kier alpha value is -5.18. The molecule has 10 rings (SSSR count). The van der Waals surface area contributed by atoms with Gasteiger partial charge in [-0.05, 0) is 67.2 Å². The van der Waals surface area contributed by atoms with E-state index in [-0.39, 0.29) is 0 Å². The highest BCUT2D eigenvalue weighted by atomic mass is 32.1. The predicted octanol–water partition coefficient (Wildman–Crippen LogP) is 12.2. The van der Waals surface area contributed by atoms with Crippen molar-refractivity contribution >= 4 is 85.8 Å². The molecule has 0 spiro atoms. The van der Waals surface area contributed by atoms with Crippen molar-refractivity contribution in [3.8, 4) is 22.3 Å². The predicted molar refractivity (Wildman–Crippen MR) is 181 cm³/mol. The van der Waals surface area contributed by atoms with E-state index in [1.54, 1.807) is 0 Å². The Balaban J connectivity index is 1.41. The second-order valence-corrected chi connectivity index (χ2v) is 12.3. The lowest BCUT2D eigenvalue weighted by atomic mass is 9.85. The summed E-state index contributed by atoms with van der Waals surface area (Å²) in [4.78, 5) is 0. The van der Waals surface area contributed by atoms with Gasteiger partial charge in [-0.1, -0.05) is 115 Å². The normalized spacial score (nSPS) is 12.3.